The molecule has 0 spiro atoms. The summed E-state index contributed by atoms with van der Waals surface area (Å²) in [5.41, 5.74) is 12.5. The molecule has 11 nitrogen and oxygen atoms in total. The Bertz CT molecular complexity index is 2100. The third-order valence-corrected chi connectivity index (χ3v) is 18.6. The maximum atomic E-state index is 13.6. The minimum absolute atomic E-state index is 0.205. The molecule has 3 atom stereocenters. The van der Waals surface area contributed by atoms with E-state index in [1.54, 1.807) is 6.08 Å². The number of rotatable bonds is 12. The molecule has 58 heavy (non-hydrogen) atoms. The van der Waals surface area contributed by atoms with Crippen molar-refractivity contribution >= 4 is 31.5 Å². The van der Waals surface area contributed by atoms with Crippen LogP contribution in [0.4, 0.5) is 10.5 Å². The highest BCUT2D eigenvalue weighted by Crippen LogP contribution is 2.46. The number of nitrogens with one attached hydrogen (secondary N) is 2. The molecule has 12 heteroatoms. The summed E-state index contributed by atoms with van der Waals surface area (Å²) < 4.78 is 16.2. The summed E-state index contributed by atoms with van der Waals surface area (Å²) >= 11 is 0. The topological polar surface area (TPSA) is 131 Å². The third kappa shape index (κ3) is 8.89. The third-order valence-electron chi connectivity index (χ3n) is 12.6. The molecule has 6 rings (SSSR count). The van der Waals surface area contributed by atoms with Gasteiger partial charge in [0.05, 0.1) is 24.5 Å². The molecule has 0 saturated carbocycles. The summed E-state index contributed by atoms with van der Waals surface area (Å²) in [4.78, 5) is 20.8. The molecule has 312 valence electrons. The van der Waals surface area contributed by atoms with Gasteiger partial charge in [0.25, 0.3) is 0 Å². The molecular weight excluding hydrogens is 741 g/mol. The summed E-state index contributed by atoms with van der Waals surface area (Å²) in [5.74, 6) is 2.02. The van der Waals surface area contributed by atoms with Crippen LogP contribution in [0, 0.1) is 12.3 Å². The van der Waals surface area contributed by atoms with Gasteiger partial charge < -0.3 is 20.2 Å². The second-order valence-corrected chi connectivity index (χ2v) is 23.9. The first-order valence-corrected chi connectivity index (χ1v) is 23.2. The van der Waals surface area contributed by atoms with Crippen LogP contribution in [0.3, 0.4) is 0 Å². The summed E-state index contributed by atoms with van der Waals surface area (Å²) in [6, 6.07) is 19.4. The maximum Gasteiger partial charge on any atom is 0.320 e. The fourth-order valence-corrected chi connectivity index (χ4v) is 14.8. The summed E-state index contributed by atoms with van der Waals surface area (Å²) in [6.07, 6.45) is 7.01. The first-order chi connectivity index (χ1) is 27.4. The fraction of sp³-hybridized carbons (Fsp3) is 0.522. The first kappa shape index (κ1) is 43.1. The number of carbonyl (C=O) groups is 1. The molecule has 1 aliphatic heterocycles. The standard InChI is InChI=1S/C46H66N8O3Si/c1-30(2)58(31(3)4,32(5)6)56-29-46(25-14-26-53(46)11)43-52-51-42-24-21-35(28-54(42)43)57-39-23-22-38(36-15-12-13-16-37(36)39)49-44(55)50-41(27-40(47)45(8,9)10)48-34-19-17-33(7)18-20-34/h12-13,15-21,24,27-28,30-32,38-39H,14,22-23,25-26,29,47H2,1-11H3,(H2,48,49,50,55)/t38-,39?,46+/m0/s1. The highest BCUT2D eigenvalue weighted by atomic mass is 28.4. The van der Waals surface area contributed by atoms with Crippen LogP contribution in [-0.4, -0.2) is 59.9 Å². The van der Waals surface area contributed by atoms with Crippen LogP contribution < -0.4 is 21.1 Å². The number of urea groups is 1. The van der Waals surface area contributed by atoms with Crippen molar-refractivity contribution in [2.75, 3.05) is 20.2 Å². The predicted molar refractivity (Wildman–Crippen MR) is 237 cm³/mol. The second kappa shape index (κ2) is 17.4. The number of aromatic nitrogens is 3. The minimum atomic E-state index is -2.13. The molecule has 0 radical (unpaired) electrons. The number of pyridine rings is 1. The van der Waals surface area contributed by atoms with E-state index in [4.69, 9.17) is 25.0 Å². The van der Waals surface area contributed by atoms with Crippen LogP contribution >= 0.6 is 0 Å². The zero-order valence-corrected chi connectivity index (χ0v) is 37.6. The number of nitrogens with two attached hydrogens (primary N) is 1. The lowest BCUT2D eigenvalue weighted by Crippen LogP contribution is -2.53. The summed E-state index contributed by atoms with van der Waals surface area (Å²) in [6.45, 7) is 23.7. The number of aryl methyl sites for hydroxylation is 1. The van der Waals surface area contributed by atoms with Gasteiger partial charge in [0.15, 0.2) is 19.8 Å². The second-order valence-electron chi connectivity index (χ2n) is 18.4. The number of benzene rings is 2. The van der Waals surface area contributed by atoms with Crippen molar-refractivity contribution in [3.05, 3.63) is 101 Å². The predicted octanol–water partition coefficient (Wildman–Crippen LogP) is 10.0. The van der Waals surface area contributed by atoms with Crippen molar-refractivity contribution in [1.29, 1.82) is 0 Å². The molecule has 4 aromatic rings. The molecule has 1 saturated heterocycles. The number of likely N-dealkylation sites (tertiary alicyclic amines) is 1. The number of ether oxygens (including phenoxy) is 1. The quantitative estimate of drug-likeness (QED) is 0.0738. The molecule has 1 unspecified atom stereocenters. The average molecular weight is 807 g/mol. The molecule has 4 N–H and O–H groups in total. The lowest BCUT2D eigenvalue weighted by molar-refractivity contribution is 0.0763. The van der Waals surface area contributed by atoms with E-state index in [0.29, 0.717) is 47.6 Å². The largest absolute Gasteiger partial charge is 0.484 e. The highest BCUT2D eigenvalue weighted by Gasteiger charge is 2.50. The maximum absolute atomic E-state index is 13.6. The van der Waals surface area contributed by atoms with Crippen LogP contribution in [0.1, 0.15) is 123 Å². The van der Waals surface area contributed by atoms with E-state index < -0.39 is 13.9 Å². The molecular formula is C46H66N8O3Si. The zero-order valence-electron chi connectivity index (χ0n) is 36.6. The van der Waals surface area contributed by atoms with Gasteiger partial charge >= 0.3 is 6.03 Å². The van der Waals surface area contributed by atoms with E-state index in [1.807, 2.05) is 82.4 Å². The minimum Gasteiger partial charge on any atom is -0.484 e. The van der Waals surface area contributed by atoms with E-state index in [0.717, 1.165) is 59.0 Å². The van der Waals surface area contributed by atoms with Crippen molar-refractivity contribution in [2.24, 2.45) is 16.1 Å². The van der Waals surface area contributed by atoms with E-state index in [2.05, 4.69) is 85.8 Å². The molecule has 2 aliphatic rings. The van der Waals surface area contributed by atoms with Crippen molar-refractivity contribution in [2.45, 2.75) is 129 Å². The van der Waals surface area contributed by atoms with E-state index in [9.17, 15) is 4.79 Å². The Labute approximate surface area is 347 Å². The average Bonchev–Trinajstić information content (AvgIpc) is 3.76. The summed E-state index contributed by atoms with van der Waals surface area (Å²) in [7, 11) is 0.0608. The lowest BCUT2D eigenvalue weighted by atomic mass is 9.85. The van der Waals surface area contributed by atoms with Gasteiger partial charge in [0.2, 0.25) is 0 Å². The Morgan fingerprint density at radius 3 is 2.28 bits per heavy atom. The monoisotopic (exact) mass is 807 g/mol. The van der Waals surface area contributed by atoms with E-state index in [1.165, 1.54) is 0 Å². The first-order valence-electron chi connectivity index (χ1n) is 21.1. The van der Waals surface area contributed by atoms with Gasteiger partial charge in [0.1, 0.15) is 23.2 Å². The van der Waals surface area contributed by atoms with Crippen LogP contribution in [0.5, 0.6) is 5.75 Å². The number of aliphatic imine (C=N–C) groups is 1. The lowest BCUT2D eigenvalue weighted by Gasteiger charge is -2.45. The van der Waals surface area contributed by atoms with Crippen molar-refractivity contribution in [3.8, 4) is 5.75 Å². The number of allylic oxidation sites excluding steroid dienone is 1. The van der Waals surface area contributed by atoms with Crippen molar-refractivity contribution < 1.29 is 14.0 Å². The van der Waals surface area contributed by atoms with Gasteiger partial charge in [-0.15, -0.1) is 10.2 Å². The number of amides is 2. The Morgan fingerprint density at radius 2 is 1.66 bits per heavy atom. The number of likely N-dealkylation sites (N-methyl/N-ethyl adjacent to an activating group) is 1. The number of fused-ring (bicyclic) bond motifs is 2. The highest BCUT2D eigenvalue weighted by molar-refractivity contribution is 6.77. The molecule has 1 fully saturated rings. The van der Waals surface area contributed by atoms with Gasteiger partial charge in [-0.2, -0.15) is 0 Å². The van der Waals surface area contributed by atoms with Crippen LogP contribution in [-0.2, 0) is 9.96 Å². The zero-order chi connectivity index (χ0) is 42.0. The van der Waals surface area contributed by atoms with Gasteiger partial charge in [-0.05, 0) is 98.2 Å². The molecule has 0 bridgehead atoms. The number of carbonyl (C=O) groups excluding carboxylic acids is 1. The molecule has 2 amide bonds. The van der Waals surface area contributed by atoms with Gasteiger partial charge in [0, 0.05) is 17.2 Å². The Hall–Kier alpha value is -4.52. The van der Waals surface area contributed by atoms with Gasteiger partial charge in [-0.1, -0.05) is 104 Å². The molecule has 3 heterocycles. The molecule has 2 aromatic carbocycles. The number of amidine groups is 1. The Balaban J connectivity index is 1.23. The van der Waals surface area contributed by atoms with Gasteiger partial charge in [-0.25, -0.2) is 9.79 Å². The van der Waals surface area contributed by atoms with Crippen molar-refractivity contribution in [1.82, 2.24) is 30.1 Å². The normalized spacial score (nSPS) is 20.9. The van der Waals surface area contributed by atoms with Crippen LogP contribution in [0.2, 0.25) is 16.6 Å². The van der Waals surface area contributed by atoms with Crippen LogP contribution in [0.15, 0.2) is 83.6 Å². The number of hydrogen-bond donors (Lipinski definition) is 3. The molecule has 1 aliphatic carbocycles. The van der Waals surface area contributed by atoms with E-state index in [-0.39, 0.29) is 23.6 Å². The fourth-order valence-electron chi connectivity index (χ4n) is 9.26. The van der Waals surface area contributed by atoms with Crippen LogP contribution in [0.25, 0.3) is 5.65 Å². The number of nitrogens with zero attached hydrogens (tertiary/aromatic N) is 5. The Morgan fingerprint density at radius 1 is 0.983 bits per heavy atom. The van der Waals surface area contributed by atoms with Gasteiger partial charge in [-0.3, -0.25) is 14.6 Å². The number of hydrogen-bond acceptors (Lipinski definition) is 8. The summed E-state index contributed by atoms with van der Waals surface area (Å²) in [5, 5.41) is 15.7. The smallest absolute Gasteiger partial charge is 0.320 e. The Kier molecular flexibility index (Phi) is 12.9. The van der Waals surface area contributed by atoms with Crippen molar-refractivity contribution in [3.63, 3.8) is 0 Å². The molecule has 2 aromatic heterocycles. The van der Waals surface area contributed by atoms with E-state index >= 15 is 0 Å². The SMILES string of the molecule is Cc1ccc(N=C(C=C(N)C(C)(C)C)NC(=O)N[C@H]2CCC(Oc3ccc4nnc([C@]5(CO[Si](C(C)C)(C(C)C)C(C)C)CCCN5C)n4c3)c3ccccc32)cc1.